The van der Waals surface area contributed by atoms with Crippen LogP contribution in [-0.2, 0) is 12.0 Å². The molecule has 1 aliphatic heterocycles. The van der Waals surface area contributed by atoms with E-state index in [0.29, 0.717) is 24.7 Å². The van der Waals surface area contributed by atoms with Crippen LogP contribution in [0.25, 0.3) is 0 Å². The molecule has 3 aromatic rings. The van der Waals surface area contributed by atoms with Crippen LogP contribution < -0.4 is 5.43 Å². The number of rotatable bonds is 8. The first-order chi connectivity index (χ1) is 17.6. The lowest BCUT2D eigenvalue weighted by Gasteiger charge is -2.41. The van der Waals surface area contributed by atoms with Gasteiger partial charge in [-0.25, -0.2) is 4.99 Å². The lowest BCUT2D eigenvalue weighted by Crippen LogP contribution is -2.49. The minimum Gasteiger partial charge on any atom is -0.339 e. The Labute approximate surface area is 218 Å². The second kappa shape index (κ2) is 12.5. The van der Waals surface area contributed by atoms with Crippen LogP contribution in [-0.4, -0.2) is 35.9 Å². The van der Waals surface area contributed by atoms with Crippen LogP contribution in [0, 0.1) is 0 Å². The molecule has 0 aromatic heterocycles. The van der Waals surface area contributed by atoms with E-state index in [9.17, 15) is 4.79 Å². The van der Waals surface area contributed by atoms with E-state index < -0.39 is 0 Å². The van der Waals surface area contributed by atoms with Gasteiger partial charge in [0.05, 0.1) is 12.0 Å². The van der Waals surface area contributed by atoms with Crippen molar-refractivity contribution in [3.63, 3.8) is 0 Å². The second-order valence-corrected chi connectivity index (χ2v) is 9.54. The second-order valence-electron chi connectivity index (χ2n) is 9.10. The molecule has 5 nitrogen and oxygen atoms in total. The summed E-state index contributed by atoms with van der Waals surface area (Å²) in [6, 6.07) is 27.7. The number of benzene rings is 3. The molecule has 0 saturated carbocycles. The molecular formula is C30H33ClN4O. The number of carbonyl (C=O) groups is 1. The van der Waals surface area contributed by atoms with Crippen LogP contribution in [0.1, 0.15) is 54.1 Å². The van der Waals surface area contributed by atoms with Gasteiger partial charge < -0.3 is 10.3 Å². The van der Waals surface area contributed by atoms with Gasteiger partial charge in [0.1, 0.15) is 0 Å². The number of unbranched alkanes of at least 4 members (excludes halogenated alkanes) is 1. The van der Waals surface area contributed by atoms with Gasteiger partial charge >= 0.3 is 0 Å². The van der Waals surface area contributed by atoms with Gasteiger partial charge in [-0.15, -0.1) is 0 Å². The van der Waals surface area contributed by atoms with E-state index in [1.54, 1.807) is 0 Å². The molecule has 0 atom stereocenters. The fourth-order valence-corrected chi connectivity index (χ4v) is 4.73. The summed E-state index contributed by atoms with van der Waals surface area (Å²) in [7, 11) is 0. The fraction of sp³-hybridized carbons (Fsp3) is 0.300. The van der Waals surface area contributed by atoms with Crippen molar-refractivity contribution in [1.82, 2.24) is 10.3 Å². The SMILES string of the molecule is CCCC=N/C(=N\NCc1ccc(Cl)cc1)C1(c2ccccc2)CCN(C(=O)c2ccccc2)CC1. The molecule has 1 fully saturated rings. The highest BCUT2D eigenvalue weighted by molar-refractivity contribution is 6.30. The molecule has 0 aliphatic carbocycles. The third kappa shape index (κ3) is 6.21. The maximum atomic E-state index is 13.1. The topological polar surface area (TPSA) is 57.1 Å². The number of hydrogen-bond acceptors (Lipinski definition) is 3. The molecule has 1 amide bonds. The predicted molar refractivity (Wildman–Crippen MR) is 149 cm³/mol. The number of halogens is 1. The standard InChI is InChI=1S/C30H33ClN4O/c1-2-3-20-32-29(34-33-23-24-14-16-27(31)17-15-24)30(26-12-8-5-9-13-26)18-21-35(22-19-30)28(36)25-10-6-4-7-11-25/h4-17,20,33H,2-3,18-19,21-23H2,1H3/b32-20?,34-29-. The first-order valence-electron chi connectivity index (χ1n) is 12.6. The maximum Gasteiger partial charge on any atom is 0.253 e. The van der Waals surface area contributed by atoms with Crippen LogP contribution >= 0.6 is 11.6 Å². The highest BCUT2D eigenvalue weighted by Gasteiger charge is 2.42. The molecule has 1 saturated heterocycles. The molecule has 6 heteroatoms. The normalized spacial score (nSPS) is 15.7. The zero-order chi connectivity index (χ0) is 25.2. The number of hydrazone groups is 1. The minimum atomic E-state index is -0.383. The molecule has 36 heavy (non-hydrogen) atoms. The van der Waals surface area contributed by atoms with Crippen LogP contribution in [0.15, 0.2) is 95.0 Å². The lowest BCUT2D eigenvalue weighted by molar-refractivity contribution is 0.0695. The Morgan fingerprint density at radius 2 is 1.61 bits per heavy atom. The summed E-state index contributed by atoms with van der Waals surface area (Å²) in [6.45, 7) is 4.00. The molecule has 0 unspecified atom stereocenters. The van der Waals surface area contributed by atoms with Crippen LogP contribution in [0.2, 0.25) is 5.02 Å². The van der Waals surface area contributed by atoms with Crippen LogP contribution in [0.5, 0.6) is 0 Å². The van der Waals surface area contributed by atoms with E-state index in [-0.39, 0.29) is 11.3 Å². The van der Waals surface area contributed by atoms with Gasteiger partial charge in [-0.05, 0) is 54.7 Å². The van der Waals surface area contributed by atoms with Crippen molar-refractivity contribution >= 4 is 29.6 Å². The Bertz CT molecular complexity index is 1170. The van der Waals surface area contributed by atoms with Gasteiger partial charge in [-0.1, -0.05) is 85.6 Å². The maximum absolute atomic E-state index is 13.1. The van der Waals surface area contributed by atoms with Crippen LogP contribution in [0.4, 0.5) is 0 Å². The van der Waals surface area contributed by atoms with Gasteiger partial charge in [0.2, 0.25) is 0 Å². The van der Waals surface area contributed by atoms with E-state index in [0.717, 1.165) is 42.6 Å². The van der Waals surface area contributed by atoms with Gasteiger partial charge in [0, 0.05) is 29.9 Å². The number of amides is 1. The van der Waals surface area contributed by atoms with Crippen molar-refractivity contribution in [3.05, 3.63) is 107 Å². The molecule has 1 aliphatic rings. The average molecular weight is 501 g/mol. The number of aliphatic imine (C=N–C) groups is 1. The Hall–Kier alpha value is -3.44. The van der Waals surface area contributed by atoms with Crippen molar-refractivity contribution in [2.45, 2.75) is 44.6 Å². The summed E-state index contributed by atoms with van der Waals surface area (Å²) in [5.41, 5.74) is 5.87. The zero-order valence-electron chi connectivity index (χ0n) is 20.7. The van der Waals surface area contributed by atoms with Gasteiger partial charge in [0.25, 0.3) is 5.91 Å². The highest BCUT2D eigenvalue weighted by Crippen LogP contribution is 2.38. The van der Waals surface area contributed by atoms with Gasteiger partial charge in [-0.2, -0.15) is 5.10 Å². The lowest BCUT2D eigenvalue weighted by atomic mass is 9.71. The Kier molecular flexibility index (Phi) is 8.90. The number of amidine groups is 1. The summed E-state index contributed by atoms with van der Waals surface area (Å²) in [5, 5.41) is 5.56. The number of nitrogens with one attached hydrogen (secondary N) is 1. The smallest absolute Gasteiger partial charge is 0.253 e. The zero-order valence-corrected chi connectivity index (χ0v) is 21.5. The molecule has 3 aromatic carbocycles. The molecule has 1 heterocycles. The number of hydrogen-bond donors (Lipinski definition) is 1. The summed E-state index contributed by atoms with van der Waals surface area (Å²) in [6.07, 6.45) is 5.38. The first kappa shape index (κ1) is 25.6. The van der Waals surface area contributed by atoms with Crippen molar-refractivity contribution in [1.29, 1.82) is 0 Å². The minimum absolute atomic E-state index is 0.0751. The molecule has 0 radical (unpaired) electrons. The third-order valence-electron chi connectivity index (χ3n) is 6.69. The van der Waals surface area contributed by atoms with Crippen molar-refractivity contribution in [2.24, 2.45) is 10.1 Å². The quantitative estimate of drug-likeness (QED) is 0.218. The Balaban J connectivity index is 1.61. The summed E-state index contributed by atoms with van der Waals surface area (Å²) in [5.74, 6) is 0.842. The third-order valence-corrected chi connectivity index (χ3v) is 6.94. The number of nitrogens with zero attached hydrogens (tertiary/aromatic N) is 3. The van der Waals surface area contributed by atoms with E-state index in [4.69, 9.17) is 21.7 Å². The van der Waals surface area contributed by atoms with Gasteiger partial charge in [0.15, 0.2) is 5.84 Å². The largest absolute Gasteiger partial charge is 0.339 e. The molecule has 186 valence electrons. The van der Waals surface area contributed by atoms with E-state index in [1.807, 2.05) is 71.8 Å². The Morgan fingerprint density at radius 3 is 2.25 bits per heavy atom. The molecular weight excluding hydrogens is 468 g/mol. The predicted octanol–water partition coefficient (Wildman–Crippen LogP) is 6.49. The molecule has 0 spiro atoms. The van der Waals surface area contributed by atoms with E-state index in [1.165, 1.54) is 5.56 Å². The monoisotopic (exact) mass is 500 g/mol. The van der Waals surface area contributed by atoms with E-state index >= 15 is 0 Å². The van der Waals surface area contributed by atoms with E-state index in [2.05, 4.69) is 36.6 Å². The molecule has 4 rings (SSSR count). The number of likely N-dealkylation sites (tertiary alicyclic amines) is 1. The highest BCUT2D eigenvalue weighted by atomic mass is 35.5. The Morgan fingerprint density at radius 1 is 0.972 bits per heavy atom. The summed E-state index contributed by atoms with van der Waals surface area (Å²) >= 11 is 6.03. The first-order valence-corrected chi connectivity index (χ1v) is 13.0. The van der Waals surface area contributed by atoms with Crippen molar-refractivity contribution in [3.8, 4) is 0 Å². The molecule has 0 bridgehead atoms. The van der Waals surface area contributed by atoms with Crippen LogP contribution in [0.3, 0.4) is 0 Å². The number of carbonyl (C=O) groups excluding carboxylic acids is 1. The van der Waals surface area contributed by atoms with Crippen molar-refractivity contribution in [2.75, 3.05) is 13.1 Å². The number of piperidine rings is 1. The average Bonchev–Trinajstić information content (AvgIpc) is 2.94. The van der Waals surface area contributed by atoms with Gasteiger partial charge in [-0.3, -0.25) is 4.79 Å². The summed E-state index contributed by atoms with van der Waals surface area (Å²) < 4.78 is 0. The fourth-order valence-electron chi connectivity index (χ4n) is 4.60. The molecule has 1 N–H and O–H groups in total. The summed E-state index contributed by atoms with van der Waals surface area (Å²) in [4.78, 5) is 20.0. The van der Waals surface area contributed by atoms with Crippen molar-refractivity contribution < 1.29 is 4.79 Å².